The molecule has 0 unspecified atom stereocenters. The summed E-state index contributed by atoms with van der Waals surface area (Å²) in [7, 11) is 6.90. The number of hydrogen-bond acceptors (Lipinski definition) is 0. The van der Waals surface area contributed by atoms with Gasteiger partial charge in [0.25, 0.3) is 0 Å². The number of hydrogen-bond donors (Lipinski definition) is 0. The molecule has 0 aromatic heterocycles. The number of nitrogens with zero attached hydrogens (tertiary/aromatic N) is 1. The fourth-order valence-corrected chi connectivity index (χ4v) is 9.45. The van der Waals surface area contributed by atoms with Crippen LogP contribution in [0.1, 0.15) is 26.2 Å². The Balaban J connectivity index is 0. The molecule has 15 heavy (non-hydrogen) atoms. The maximum absolute atomic E-state index is 2.62. The van der Waals surface area contributed by atoms with Crippen molar-refractivity contribution in [3.8, 4) is 0 Å². The molecule has 0 amide bonds. The van der Waals surface area contributed by atoms with Crippen molar-refractivity contribution in [3.63, 3.8) is 0 Å². The van der Waals surface area contributed by atoms with Crippen molar-refractivity contribution in [2.45, 2.75) is 44.9 Å². The van der Waals surface area contributed by atoms with Crippen molar-refractivity contribution in [1.29, 1.82) is 0 Å². The Bertz CT molecular complexity index is 152. The molecule has 0 aromatic carbocycles. The summed E-state index contributed by atoms with van der Waals surface area (Å²) in [6.45, 7) is 3.67. The Morgan fingerprint density at radius 3 is 1.80 bits per heavy atom. The van der Waals surface area contributed by atoms with Gasteiger partial charge in [-0.25, -0.2) is 0 Å². The van der Waals surface area contributed by atoms with Gasteiger partial charge in [0, 0.05) is 0 Å². The number of quaternary nitrogens is 1. The molecule has 0 heterocycles. The average molecular weight is 434 g/mol. The molecule has 0 aliphatic heterocycles. The van der Waals surface area contributed by atoms with E-state index in [1.165, 1.54) is 25.8 Å². The molecule has 94 valence electrons. The molecule has 0 fully saturated rings. The largest absolute Gasteiger partial charge is 1.00 e. The summed E-state index contributed by atoms with van der Waals surface area (Å²) in [6.07, 6.45) is 4.32. The van der Waals surface area contributed by atoms with E-state index in [0.29, 0.717) is 0 Å². The SMILES string of the molecule is CCC[CH2][Sn]([CH3])([CH3])[CH2]CC[N+](C)(C)C.[I-]. The molecule has 1 nitrogen and oxygen atoms in total. The summed E-state index contributed by atoms with van der Waals surface area (Å²) < 4.78 is 4.32. The fraction of sp³-hybridized carbons (Fsp3) is 1.00. The maximum atomic E-state index is 2.62. The molecule has 0 atom stereocenters. The van der Waals surface area contributed by atoms with Crippen molar-refractivity contribution in [1.82, 2.24) is 0 Å². The van der Waals surface area contributed by atoms with Crippen LogP contribution in [0.4, 0.5) is 0 Å². The molecule has 0 radical (unpaired) electrons. The summed E-state index contributed by atoms with van der Waals surface area (Å²) in [5.74, 6) is 0. The van der Waals surface area contributed by atoms with Crippen LogP contribution in [0.15, 0.2) is 0 Å². The van der Waals surface area contributed by atoms with Crippen molar-refractivity contribution < 1.29 is 28.5 Å². The molecule has 0 saturated carbocycles. The first-order valence-electron chi connectivity index (χ1n) is 6.07. The second kappa shape index (κ2) is 8.56. The van der Waals surface area contributed by atoms with Gasteiger partial charge >= 0.3 is 95.5 Å². The normalized spacial score (nSPS) is 12.4. The van der Waals surface area contributed by atoms with Crippen LogP contribution < -0.4 is 24.0 Å². The Labute approximate surface area is 118 Å². The smallest absolute Gasteiger partial charge is 1.00 e. The van der Waals surface area contributed by atoms with Crippen LogP contribution in [0.5, 0.6) is 0 Å². The minimum Gasteiger partial charge on any atom is -1.00 e. The summed E-state index contributed by atoms with van der Waals surface area (Å²) >= 11 is -1.55. The van der Waals surface area contributed by atoms with E-state index in [9.17, 15) is 0 Å². The third-order valence-electron chi connectivity index (χ3n) is 2.89. The van der Waals surface area contributed by atoms with Gasteiger partial charge in [0.15, 0.2) is 0 Å². The molecule has 3 heteroatoms. The topological polar surface area (TPSA) is 0 Å². The molecule has 0 N–H and O–H groups in total. The zero-order chi connectivity index (χ0) is 11.2. The molecular weight excluding hydrogens is 404 g/mol. The van der Waals surface area contributed by atoms with Gasteiger partial charge < -0.3 is 24.0 Å². The van der Waals surface area contributed by atoms with Crippen LogP contribution in [-0.4, -0.2) is 50.5 Å². The van der Waals surface area contributed by atoms with Gasteiger partial charge in [-0.1, -0.05) is 0 Å². The quantitative estimate of drug-likeness (QED) is 0.313. The Morgan fingerprint density at radius 1 is 0.933 bits per heavy atom. The van der Waals surface area contributed by atoms with Gasteiger partial charge in [-0.15, -0.1) is 0 Å². The standard InChI is InChI=1S/C6H15N.C4H9.2CH3.HI.Sn/c1-5-6-7(2,3)4;1-3-4-2;;;;/h1,5-6H2,2-4H3;1,3-4H2,2H3;2*1H3;1H;/q+1;;;;;/p-1. The zero-order valence-corrected chi connectivity index (χ0v) is 16.6. The number of unbranched alkanes of at least 4 members (excludes halogenated alkanes) is 1. The van der Waals surface area contributed by atoms with Crippen molar-refractivity contribution >= 4 is 18.4 Å². The van der Waals surface area contributed by atoms with E-state index >= 15 is 0 Å². The van der Waals surface area contributed by atoms with E-state index in [-0.39, 0.29) is 24.0 Å². The van der Waals surface area contributed by atoms with Crippen LogP contribution in [0.25, 0.3) is 0 Å². The van der Waals surface area contributed by atoms with E-state index in [1.807, 2.05) is 0 Å². The average Bonchev–Trinajstić information content (AvgIpc) is 1.98. The molecule has 0 aromatic rings. The Hall–Kier alpha value is 1.49. The first-order valence-corrected chi connectivity index (χ1v) is 15.8. The van der Waals surface area contributed by atoms with Crippen LogP contribution in [0, 0.1) is 0 Å². The fourth-order valence-electron chi connectivity index (χ4n) is 1.81. The molecule has 0 spiro atoms. The molecule has 0 rings (SSSR count). The second-order valence-corrected chi connectivity index (χ2v) is 21.6. The minimum absolute atomic E-state index is 0. The van der Waals surface area contributed by atoms with E-state index in [2.05, 4.69) is 37.9 Å². The van der Waals surface area contributed by atoms with Gasteiger partial charge in [0.2, 0.25) is 0 Å². The van der Waals surface area contributed by atoms with Gasteiger partial charge in [0.05, 0.1) is 0 Å². The molecular formula is C12H30INSn. The van der Waals surface area contributed by atoms with Gasteiger partial charge in [-0.05, 0) is 0 Å². The minimum atomic E-state index is -1.55. The van der Waals surface area contributed by atoms with Gasteiger partial charge in [-0.3, -0.25) is 0 Å². The summed E-state index contributed by atoms with van der Waals surface area (Å²) in [5, 5.41) is 0. The first-order chi connectivity index (χ1) is 6.27. The van der Waals surface area contributed by atoms with Crippen LogP contribution in [0.3, 0.4) is 0 Å². The van der Waals surface area contributed by atoms with Crippen LogP contribution in [0.2, 0.25) is 18.8 Å². The monoisotopic (exact) mass is 435 g/mol. The van der Waals surface area contributed by atoms with Crippen molar-refractivity contribution in [2.75, 3.05) is 27.7 Å². The Morgan fingerprint density at radius 2 is 1.40 bits per heavy atom. The van der Waals surface area contributed by atoms with E-state index in [4.69, 9.17) is 0 Å². The van der Waals surface area contributed by atoms with Crippen molar-refractivity contribution in [3.05, 3.63) is 0 Å². The van der Waals surface area contributed by atoms with E-state index < -0.39 is 18.4 Å². The molecule has 0 aliphatic carbocycles. The van der Waals surface area contributed by atoms with Gasteiger partial charge in [0.1, 0.15) is 0 Å². The molecule has 0 bridgehead atoms. The third-order valence-corrected chi connectivity index (χ3v) is 12.6. The van der Waals surface area contributed by atoms with Crippen LogP contribution >= 0.6 is 0 Å². The maximum Gasteiger partial charge on any atom is -1.00 e. The first kappa shape index (κ1) is 18.8. The van der Waals surface area contributed by atoms with E-state index in [1.54, 1.807) is 8.87 Å². The number of halogens is 1. The predicted molar refractivity (Wildman–Crippen MR) is 69.5 cm³/mol. The zero-order valence-electron chi connectivity index (χ0n) is 11.6. The summed E-state index contributed by atoms with van der Waals surface area (Å²) in [5.41, 5.74) is 0. The predicted octanol–water partition coefficient (Wildman–Crippen LogP) is 0.595. The van der Waals surface area contributed by atoms with Crippen molar-refractivity contribution in [2.24, 2.45) is 0 Å². The summed E-state index contributed by atoms with van der Waals surface area (Å²) in [6, 6.07) is 0. The third kappa shape index (κ3) is 13.4. The number of rotatable bonds is 7. The van der Waals surface area contributed by atoms with E-state index in [0.717, 1.165) is 4.48 Å². The summed E-state index contributed by atoms with van der Waals surface area (Å²) in [4.78, 5) is 5.25. The molecule has 0 saturated heterocycles. The Kier molecular flexibility index (Phi) is 10.8. The van der Waals surface area contributed by atoms with Crippen LogP contribution in [-0.2, 0) is 0 Å². The second-order valence-electron chi connectivity index (χ2n) is 6.39. The van der Waals surface area contributed by atoms with Gasteiger partial charge in [-0.2, -0.15) is 0 Å². The molecule has 0 aliphatic rings.